The molecular formula is C15H16ClNO. The van der Waals surface area contributed by atoms with Crippen molar-refractivity contribution in [1.82, 2.24) is 5.32 Å². The molecule has 1 heterocycles. The standard InChI is InChI=1S/C15H16ClNO/c1-17-14(13-6-7-18-15(13)16)9-11-8-10-4-2-3-5-12(10)11/h2-7,11,14,17H,8-9H2,1H3. The normalized spacial score (nSPS) is 19.1. The minimum absolute atomic E-state index is 0.259. The van der Waals surface area contributed by atoms with E-state index in [4.69, 9.17) is 16.0 Å². The zero-order valence-electron chi connectivity index (χ0n) is 10.3. The van der Waals surface area contributed by atoms with Gasteiger partial charge in [-0.1, -0.05) is 24.3 Å². The summed E-state index contributed by atoms with van der Waals surface area (Å²) in [6, 6.07) is 10.9. The van der Waals surface area contributed by atoms with E-state index in [1.165, 1.54) is 17.5 Å². The van der Waals surface area contributed by atoms with Crippen molar-refractivity contribution in [3.05, 3.63) is 58.5 Å². The van der Waals surface area contributed by atoms with Gasteiger partial charge in [0.2, 0.25) is 0 Å². The number of furan rings is 1. The molecule has 3 heteroatoms. The summed E-state index contributed by atoms with van der Waals surface area (Å²) in [4.78, 5) is 0. The molecule has 0 spiro atoms. The Bertz CT molecular complexity index is 549. The maximum absolute atomic E-state index is 6.05. The van der Waals surface area contributed by atoms with E-state index in [0.29, 0.717) is 11.1 Å². The third kappa shape index (κ3) is 1.96. The van der Waals surface area contributed by atoms with Crippen LogP contribution in [0.15, 0.2) is 41.0 Å². The van der Waals surface area contributed by atoms with Gasteiger partial charge >= 0.3 is 0 Å². The van der Waals surface area contributed by atoms with Crippen LogP contribution in [0.5, 0.6) is 0 Å². The lowest BCUT2D eigenvalue weighted by Gasteiger charge is -2.32. The average Bonchev–Trinajstić information content (AvgIpc) is 2.77. The summed E-state index contributed by atoms with van der Waals surface area (Å²) in [7, 11) is 1.97. The molecule has 0 aliphatic heterocycles. The van der Waals surface area contributed by atoms with Gasteiger partial charge in [-0.05, 0) is 54.6 Å². The Balaban J connectivity index is 1.76. The summed E-state index contributed by atoms with van der Waals surface area (Å²) in [5, 5.41) is 3.83. The summed E-state index contributed by atoms with van der Waals surface area (Å²) >= 11 is 6.05. The third-order valence-electron chi connectivity index (χ3n) is 3.85. The first-order chi connectivity index (χ1) is 8.79. The molecule has 2 unspecified atom stereocenters. The predicted octanol–water partition coefficient (Wildman–Crippen LogP) is 3.92. The quantitative estimate of drug-likeness (QED) is 0.902. The topological polar surface area (TPSA) is 25.2 Å². The van der Waals surface area contributed by atoms with Gasteiger partial charge in [0.1, 0.15) is 0 Å². The largest absolute Gasteiger partial charge is 0.453 e. The fourth-order valence-corrected chi connectivity index (χ4v) is 3.06. The molecular weight excluding hydrogens is 246 g/mol. The van der Waals surface area contributed by atoms with E-state index in [9.17, 15) is 0 Å². The number of halogens is 1. The van der Waals surface area contributed by atoms with E-state index in [-0.39, 0.29) is 6.04 Å². The maximum Gasteiger partial charge on any atom is 0.197 e. The van der Waals surface area contributed by atoms with Crippen molar-refractivity contribution in [2.45, 2.75) is 24.8 Å². The van der Waals surface area contributed by atoms with Gasteiger partial charge in [0.15, 0.2) is 5.22 Å². The van der Waals surface area contributed by atoms with E-state index < -0.39 is 0 Å². The van der Waals surface area contributed by atoms with Crippen molar-refractivity contribution in [2.24, 2.45) is 0 Å². The number of fused-ring (bicyclic) bond motifs is 1. The summed E-state index contributed by atoms with van der Waals surface area (Å²) in [5.41, 5.74) is 4.02. The molecule has 0 bridgehead atoms. The number of nitrogens with one attached hydrogen (secondary N) is 1. The monoisotopic (exact) mass is 261 g/mol. The van der Waals surface area contributed by atoms with Gasteiger partial charge in [0, 0.05) is 11.6 Å². The van der Waals surface area contributed by atoms with Crippen LogP contribution in [0.25, 0.3) is 0 Å². The lowest BCUT2D eigenvalue weighted by atomic mass is 9.74. The van der Waals surface area contributed by atoms with Gasteiger partial charge in [-0.15, -0.1) is 0 Å². The molecule has 18 heavy (non-hydrogen) atoms. The zero-order chi connectivity index (χ0) is 12.5. The van der Waals surface area contributed by atoms with Gasteiger partial charge < -0.3 is 9.73 Å². The van der Waals surface area contributed by atoms with Crippen molar-refractivity contribution in [1.29, 1.82) is 0 Å². The molecule has 1 aromatic carbocycles. The molecule has 2 aromatic rings. The fraction of sp³-hybridized carbons (Fsp3) is 0.333. The van der Waals surface area contributed by atoms with Crippen LogP contribution in [-0.2, 0) is 6.42 Å². The van der Waals surface area contributed by atoms with Crippen molar-refractivity contribution in [3.8, 4) is 0 Å². The molecule has 2 nitrogen and oxygen atoms in total. The first-order valence-corrected chi connectivity index (χ1v) is 6.65. The molecule has 0 saturated heterocycles. The SMILES string of the molecule is CNC(CC1Cc2ccccc21)c1ccoc1Cl. The third-order valence-corrected chi connectivity index (χ3v) is 4.16. The molecule has 2 atom stereocenters. The second-order valence-corrected chi connectivity index (χ2v) is 5.17. The van der Waals surface area contributed by atoms with Gasteiger partial charge in [-0.25, -0.2) is 0 Å². The Morgan fingerprint density at radius 2 is 2.22 bits per heavy atom. The highest BCUT2D eigenvalue weighted by Gasteiger charge is 2.29. The minimum atomic E-state index is 0.259. The molecule has 0 saturated carbocycles. The fourth-order valence-electron chi connectivity index (χ4n) is 2.81. The number of rotatable bonds is 4. The summed E-state index contributed by atoms with van der Waals surface area (Å²) in [5.74, 6) is 0.629. The molecule has 0 radical (unpaired) electrons. The van der Waals surface area contributed by atoms with E-state index in [1.54, 1.807) is 6.26 Å². The molecule has 0 amide bonds. The number of hydrogen-bond acceptors (Lipinski definition) is 2. The molecule has 1 aliphatic rings. The second-order valence-electron chi connectivity index (χ2n) is 4.83. The van der Waals surface area contributed by atoms with Crippen LogP contribution in [0.2, 0.25) is 5.22 Å². The second kappa shape index (κ2) is 4.79. The van der Waals surface area contributed by atoms with Crippen LogP contribution in [0.4, 0.5) is 0 Å². The van der Waals surface area contributed by atoms with Crippen molar-refractivity contribution < 1.29 is 4.42 Å². The Kier molecular flexibility index (Phi) is 3.14. The lowest BCUT2D eigenvalue weighted by molar-refractivity contribution is 0.448. The summed E-state index contributed by atoms with van der Waals surface area (Å²) in [6.45, 7) is 0. The van der Waals surface area contributed by atoms with Gasteiger partial charge in [0.05, 0.1) is 6.26 Å². The Labute approximate surface area is 112 Å². The van der Waals surface area contributed by atoms with Gasteiger partial charge in [-0.3, -0.25) is 0 Å². The van der Waals surface area contributed by atoms with Gasteiger partial charge in [0.25, 0.3) is 0 Å². The number of hydrogen-bond donors (Lipinski definition) is 1. The highest BCUT2D eigenvalue weighted by atomic mass is 35.5. The molecule has 1 aromatic heterocycles. The van der Waals surface area contributed by atoms with Crippen molar-refractivity contribution in [3.63, 3.8) is 0 Å². The van der Waals surface area contributed by atoms with Crippen LogP contribution >= 0.6 is 11.6 Å². The molecule has 1 aliphatic carbocycles. The molecule has 0 fully saturated rings. The van der Waals surface area contributed by atoms with Crippen LogP contribution in [0.3, 0.4) is 0 Å². The Hall–Kier alpha value is -1.25. The van der Waals surface area contributed by atoms with E-state index in [1.807, 2.05) is 13.1 Å². The highest BCUT2D eigenvalue weighted by Crippen LogP contribution is 2.41. The van der Waals surface area contributed by atoms with Crippen LogP contribution < -0.4 is 5.32 Å². The summed E-state index contributed by atoms with van der Waals surface area (Å²) < 4.78 is 5.18. The smallest absolute Gasteiger partial charge is 0.197 e. The first kappa shape index (κ1) is 11.8. The molecule has 94 valence electrons. The first-order valence-electron chi connectivity index (χ1n) is 6.27. The summed E-state index contributed by atoms with van der Waals surface area (Å²) in [6.07, 6.45) is 3.88. The zero-order valence-corrected chi connectivity index (χ0v) is 11.1. The van der Waals surface area contributed by atoms with Crippen LogP contribution in [-0.4, -0.2) is 7.05 Å². The average molecular weight is 262 g/mol. The van der Waals surface area contributed by atoms with E-state index in [0.717, 1.165) is 12.0 Å². The van der Waals surface area contributed by atoms with Crippen molar-refractivity contribution in [2.75, 3.05) is 7.05 Å². The van der Waals surface area contributed by atoms with E-state index >= 15 is 0 Å². The van der Waals surface area contributed by atoms with Crippen LogP contribution in [0, 0.1) is 0 Å². The van der Waals surface area contributed by atoms with Crippen LogP contribution in [0.1, 0.15) is 35.1 Å². The maximum atomic E-state index is 6.05. The highest BCUT2D eigenvalue weighted by molar-refractivity contribution is 6.29. The predicted molar refractivity (Wildman–Crippen MR) is 73.0 cm³/mol. The van der Waals surface area contributed by atoms with E-state index in [2.05, 4.69) is 29.6 Å². The minimum Gasteiger partial charge on any atom is -0.453 e. The molecule has 3 rings (SSSR count). The molecule has 1 N–H and O–H groups in total. The Morgan fingerprint density at radius 1 is 1.39 bits per heavy atom. The van der Waals surface area contributed by atoms with Gasteiger partial charge in [-0.2, -0.15) is 0 Å². The lowest BCUT2D eigenvalue weighted by Crippen LogP contribution is -2.24. The van der Waals surface area contributed by atoms with Crippen molar-refractivity contribution >= 4 is 11.6 Å². The number of benzene rings is 1. The Morgan fingerprint density at radius 3 is 2.89 bits per heavy atom.